The summed E-state index contributed by atoms with van der Waals surface area (Å²) < 4.78 is 45.2. The SMILES string of the molecule is Cc1cc(F)ccc1S(=O)(=O)Nc1ccccc1C(=O)OCC(N)=O. The first-order valence-electron chi connectivity index (χ1n) is 7.04. The Hall–Kier alpha value is -2.94. The van der Waals surface area contributed by atoms with Gasteiger partial charge in [-0.1, -0.05) is 12.1 Å². The highest BCUT2D eigenvalue weighted by Gasteiger charge is 2.21. The molecule has 0 aliphatic heterocycles. The molecule has 0 heterocycles. The van der Waals surface area contributed by atoms with Gasteiger partial charge in [0.1, 0.15) is 5.82 Å². The summed E-state index contributed by atoms with van der Waals surface area (Å²) >= 11 is 0. The minimum Gasteiger partial charge on any atom is -0.452 e. The van der Waals surface area contributed by atoms with E-state index in [0.29, 0.717) is 0 Å². The van der Waals surface area contributed by atoms with Crippen LogP contribution in [0.4, 0.5) is 10.1 Å². The number of primary amides is 1. The number of para-hydroxylation sites is 1. The van der Waals surface area contributed by atoms with Crippen molar-refractivity contribution in [2.45, 2.75) is 11.8 Å². The van der Waals surface area contributed by atoms with Crippen LogP contribution in [0.1, 0.15) is 15.9 Å². The molecule has 0 saturated carbocycles. The highest BCUT2D eigenvalue weighted by atomic mass is 32.2. The molecule has 2 aromatic rings. The number of sulfonamides is 1. The maximum absolute atomic E-state index is 13.2. The fourth-order valence-corrected chi connectivity index (χ4v) is 3.39. The first-order valence-corrected chi connectivity index (χ1v) is 8.52. The summed E-state index contributed by atoms with van der Waals surface area (Å²) in [5.41, 5.74) is 4.98. The molecule has 0 spiro atoms. The predicted molar refractivity (Wildman–Crippen MR) is 87.9 cm³/mol. The molecule has 0 radical (unpaired) electrons. The summed E-state index contributed by atoms with van der Waals surface area (Å²) in [5.74, 6) is -2.31. The summed E-state index contributed by atoms with van der Waals surface area (Å²) in [6.07, 6.45) is 0. The van der Waals surface area contributed by atoms with Crippen molar-refractivity contribution in [2.75, 3.05) is 11.3 Å². The lowest BCUT2D eigenvalue weighted by Gasteiger charge is -2.13. The number of nitrogens with one attached hydrogen (secondary N) is 1. The first-order chi connectivity index (χ1) is 11.7. The molecular weight excluding hydrogens is 351 g/mol. The van der Waals surface area contributed by atoms with E-state index < -0.39 is 34.3 Å². The lowest BCUT2D eigenvalue weighted by atomic mass is 10.2. The minimum absolute atomic E-state index is 0.0410. The Balaban J connectivity index is 2.33. The number of ether oxygens (including phenoxy) is 1. The van der Waals surface area contributed by atoms with Gasteiger partial charge >= 0.3 is 5.97 Å². The Morgan fingerprint density at radius 1 is 1.20 bits per heavy atom. The summed E-state index contributed by atoms with van der Waals surface area (Å²) in [6.45, 7) is 0.821. The normalized spacial score (nSPS) is 11.0. The number of anilines is 1. The standard InChI is InChI=1S/C16H15FN2O5S/c1-10-8-11(17)6-7-14(10)25(22,23)19-13-5-3-2-4-12(13)16(21)24-9-15(18)20/h2-8,19H,9H2,1H3,(H2,18,20). The molecule has 0 bridgehead atoms. The predicted octanol–water partition coefficient (Wildman–Crippen LogP) is 1.58. The van der Waals surface area contributed by atoms with E-state index in [2.05, 4.69) is 4.72 Å². The number of carbonyl (C=O) groups is 2. The van der Waals surface area contributed by atoms with Crippen LogP contribution < -0.4 is 10.5 Å². The second-order valence-corrected chi connectivity index (χ2v) is 6.75. The topological polar surface area (TPSA) is 116 Å². The van der Waals surface area contributed by atoms with E-state index in [1.165, 1.54) is 31.2 Å². The van der Waals surface area contributed by atoms with Crippen molar-refractivity contribution in [3.63, 3.8) is 0 Å². The van der Waals surface area contributed by atoms with Crippen molar-refractivity contribution in [3.05, 3.63) is 59.4 Å². The van der Waals surface area contributed by atoms with Crippen molar-refractivity contribution < 1.29 is 27.1 Å². The molecule has 3 N–H and O–H groups in total. The van der Waals surface area contributed by atoms with Gasteiger partial charge in [0.25, 0.3) is 15.9 Å². The van der Waals surface area contributed by atoms with Gasteiger partial charge in [0.2, 0.25) is 0 Å². The molecule has 2 rings (SSSR count). The zero-order valence-corrected chi connectivity index (χ0v) is 14.0. The monoisotopic (exact) mass is 366 g/mol. The van der Waals surface area contributed by atoms with Crippen LogP contribution in [0.15, 0.2) is 47.4 Å². The quantitative estimate of drug-likeness (QED) is 0.753. The van der Waals surface area contributed by atoms with Crippen LogP contribution in [0.5, 0.6) is 0 Å². The second-order valence-electron chi connectivity index (χ2n) is 5.10. The third-order valence-electron chi connectivity index (χ3n) is 3.16. The van der Waals surface area contributed by atoms with Crippen LogP contribution in [0.2, 0.25) is 0 Å². The summed E-state index contributed by atoms with van der Waals surface area (Å²) in [7, 11) is -4.06. The molecule has 2 aromatic carbocycles. The Kier molecular flexibility index (Phi) is 5.38. The Morgan fingerprint density at radius 3 is 2.52 bits per heavy atom. The fourth-order valence-electron chi connectivity index (χ4n) is 2.08. The molecule has 0 saturated heterocycles. The Bertz CT molecular complexity index is 928. The van der Waals surface area contributed by atoms with Crippen LogP contribution in [-0.4, -0.2) is 26.9 Å². The van der Waals surface area contributed by atoms with Gasteiger partial charge in [-0.2, -0.15) is 0 Å². The lowest BCUT2D eigenvalue weighted by Crippen LogP contribution is -2.22. The largest absolute Gasteiger partial charge is 0.452 e. The molecule has 0 aliphatic rings. The van der Waals surface area contributed by atoms with E-state index in [1.54, 1.807) is 0 Å². The van der Waals surface area contributed by atoms with Crippen LogP contribution in [0, 0.1) is 12.7 Å². The minimum atomic E-state index is -4.06. The molecule has 0 aromatic heterocycles. The van der Waals surface area contributed by atoms with Crippen molar-refractivity contribution in [1.29, 1.82) is 0 Å². The number of benzene rings is 2. The zero-order chi connectivity index (χ0) is 18.6. The Morgan fingerprint density at radius 2 is 1.88 bits per heavy atom. The van der Waals surface area contributed by atoms with E-state index in [0.717, 1.165) is 18.2 Å². The maximum Gasteiger partial charge on any atom is 0.340 e. The van der Waals surface area contributed by atoms with Gasteiger partial charge in [-0.05, 0) is 42.8 Å². The average molecular weight is 366 g/mol. The molecule has 25 heavy (non-hydrogen) atoms. The van der Waals surface area contributed by atoms with E-state index in [9.17, 15) is 22.4 Å². The van der Waals surface area contributed by atoms with Crippen LogP contribution in [0.25, 0.3) is 0 Å². The summed E-state index contributed by atoms with van der Waals surface area (Å²) in [4.78, 5) is 22.6. The third-order valence-corrected chi connectivity index (χ3v) is 4.69. The molecule has 0 unspecified atom stereocenters. The van der Waals surface area contributed by atoms with Crippen LogP contribution >= 0.6 is 0 Å². The number of halogens is 1. The molecule has 9 heteroatoms. The van der Waals surface area contributed by atoms with Gasteiger partial charge in [0.05, 0.1) is 16.1 Å². The van der Waals surface area contributed by atoms with Crippen molar-refractivity contribution in [3.8, 4) is 0 Å². The van der Waals surface area contributed by atoms with E-state index in [1.807, 2.05) is 0 Å². The van der Waals surface area contributed by atoms with E-state index in [-0.39, 0.29) is 21.7 Å². The molecule has 7 nitrogen and oxygen atoms in total. The maximum atomic E-state index is 13.2. The Labute approximate surface area is 143 Å². The third kappa shape index (κ3) is 4.54. The number of amides is 1. The number of rotatable bonds is 6. The average Bonchev–Trinajstić information content (AvgIpc) is 2.52. The molecular formula is C16H15FN2O5S. The highest BCUT2D eigenvalue weighted by Crippen LogP contribution is 2.23. The van der Waals surface area contributed by atoms with Gasteiger partial charge in [0.15, 0.2) is 6.61 Å². The van der Waals surface area contributed by atoms with Crippen molar-refractivity contribution in [1.82, 2.24) is 0 Å². The van der Waals surface area contributed by atoms with E-state index in [4.69, 9.17) is 10.5 Å². The van der Waals surface area contributed by atoms with Crippen LogP contribution in [-0.2, 0) is 19.6 Å². The smallest absolute Gasteiger partial charge is 0.340 e. The van der Waals surface area contributed by atoms with Crippen LogP contribution in [0.3, 0.4) is 0 Å². The summed E-state index contributed by atoms with van der Waals surface area (Å²) in [6, 6.07) is 8.94. The van der Waals surface area contributed by atoms with Gasteiger partial charge in [0, 0.05) is 0 Å². The zero-order valence-electron chi connectivity index (χ0n) is 13.2. The summed E-state index contributed by atoms with van der Waals surface area (Å²) in [5, 5.41) is 0. The number of carbonyl (C=O) groups excluding carboxylic acids is 2. The fraction of sp³-hybridized carbons (Fsp3) is 0.125. The van der Waals surface area contributed by atoms with Crippen molar-refractivity contribution >= 4 is 27.6 Å². The van der Waals surface area contributed by atoms with Gasteiger partial charge in [-0.15, -0.1) is 0 Å². The number of hydrogen-bond acceptors (Lipinski definition) is 5. The first kappa shape index (κ1) is 18.4. The number of aryl methyl sites for hydroxylation is 1. The number of hydrogen-bond donors (Lipinski definition) is 2. The molecule has 1 amide bonds. The molecule has 0 aliphatic carbocycles. The van der Waals surface area contributed by atoms with Crippen molar-refractivity contribution in [2.24, 2.45) is 5.73 Å². The van der Waals surface area contributed by atoms with E-state index >= 15 is 0 Å². The lowest BCUT2D eigenvalue weighted by molar-refractivity contribution is -0.121. The molecule has 132 valence electrons. The van der Waals surface area contributed by atoms with Gasteiger partial charge < -0.3 is 10.5 Å². The molecule has 0 fully saturated rings. The second kappa shape index (κ2) is 7.31. The number of esters is 1. The number of nitrogens with two attached hydrogens (primary N) is 1. The van der Waals surface area contributed by atoms with Gasteiger partial charge in [-0.25, -0.2) is 17.6 Å². The molecule has 0 atom stereocenters. The van der Waals surface area contributed by atoms with Gasteiger partial charge in [-0.3, -0.25) is 9.52 Å². The highest BCUT2D eigenvalue weighted by molar-refractivity contribution is 7.92.